The quantitative estimate of drug-likeness (QED) is 0.632. The topological polar surface area (TPSA) is 56.1 Å². The van der Waals surface area contributed by atoms with Crippen LogP contribution in [0.15, 0.2) is 24.2 Å². The molecule has 1 aliphatic heterocycles. The Morgan fingerprint density at radius 1 is 1.61 bits per heavy atom. The van der Waals surface area contributed by atoms with Gasteiger partial charge in [-0.3, -0.25) is 0 Å². The normalized spacial score (nSPS) is 15.3. The van der Waals surface area contributed by atoms with E-state index >= 15 is 0 Å². The van der Waals surface area contributed by atoms with Crippen LogP contribution in [0.1, 0.15) is 30.3 Å². The molecule has 0 aliphatic carbocycles. The van der Waals surface area contributed by atoms with Crippen LogP contribution in [0.3, 0.4) is 0 Å². The van der Waals surface area contributed by atoms with Crippen molar-refractivity contribution in [3.05, 3.63) is 29.9 Å². The number of aryl methyl sites for hydroxylation is 1. The molecule has 5 heteroatoms. The fourth-order valence-corrected chi connectivity index (χ4v) is 2.03. The van der Waals surface area contributed by atoms with Crippen molar-refractivity contribution >= 4 is 5.97 Å². The number of aromatic nitrogens is 2. The molecule has 18 heavy (non-hydrogen) atoms. The lowest BCUT2D eigenvalue weighted by Gasteiger charge is -2.14. The molecule has 5 nitrogen and oxygen atoms in total. The van der Waals surface area contributed by atoms with Crippen LogP contribution in [0.25, 0.3) is 0 Å². The van der Waals surface area contributed by atoms with Gasteiger partial charge in [0.2, 0.25) is 0 Å². The molecule has 0 saturated carbocycles. The molecule has 1 aromatic heterocycles. The van der Waals surface area contributed by atoms with Crippen LogP contribution in [0, 0.1) is 0 Å². The van der Waals surface area contributed by atoms with E-state index in [1.165, 1.54) is 5.57 Å². The Morgan fingerprint density at radius 2 is 2.50 bits per heavy atom. The van der Waals surface area contributed by atoms with Crippen molar-refractivity contribution in [2.24, 2.45) is 0 Å². The molecule has 1 aliphatic rings. The van der Waals surface area contributed by atoms with Gasteiger partial charge in [-0.2, -0.15) is 0 Å². The van der Waals surface area contributed by atoms with Gasteiger partial charge >= 0.3 is 5.97 Å². The highest BCUT2D eigenvalue weighted by Gasteiger charge is 2.13. The number of ether oxygens (including phenoxy) is 1. The SMILES string of the molecule is CCOC(=O)c1cncn1CCC1=CCNCC1. The van der Waals surface area contributed by atoms with Crippen molar-refractivity contribution in [2.75, 3.05) is 19.7 Å². The summed E-state index contributed by atoms with van der Waals surface area (Å²) in [6.07, 6.45) is 7.53. The van der Waals surface area contributed by atoms with Crippen LogP contribution in [0.5, 0.6) is 0 Å². The number of hydrogen-bond donors (Lipinski definition) is 1. The Bertz CT molecular complexity index is 437. The van der Waals surface area contributed by atoms with Crippen molar-refractivity contribution in [3.8, 4) is 0 Å². The molecule has 0 unspecified atom stereocenters. The molecule has 98 valence electrons. The zero-order valence-corrected chi connectivity index (χ0v) is 10.7. The monoisotopic (exact) mass is 249 g/mol. The molecular weight excluding hydrogens is 230 g/mol. The summed E-state index contributed by atoms with van der Waals surface area (Å²) in [5.41, 5.74) is 1.98. The molecule has 0 radical (unpaired) electrons. The lowest BCUT2D eigenvalue weighted by atomic mass is 10.1. The minimum Gasteiger partial charge on any atom is -0.461 e. The van der Waals surface area contributed by atoms with Crippen LogP contribution in [-0.2, 0) is 11.3 Å². The fourth-order valence-electron chi connectivity index (χ4n) is 2.03. The first kappa shape index (κ1) is 12.8. The maximum atomic E-state index is 11.7. The molecule has 2 rings (SSSR count). The molecular formula is C13H19N3O2. The van der Waals surface area contributed by atoms with Crippen LogP contribution in [0.2, 0.25) is 0 Å². The Balaban J connectivity index is 1.95. The molecule has 0 amide bonds. The number of carbonyl (C=O) groups is 1. The van der Waals surface area contributed by atoms with Crippen LogP contribution in [-0.4, -0.2) is 35.2 Å². The highest BCUT2D eigenvalue weighted by atomic mass is 16.5. The van der Waals surface area contributed by atoms with E-state index in [0.717, 1.165) is 32.5 Å². The molecule has 0 fully saturated rings. The number of nitrogens with one attached hydrogen (secondary N) is 1. The Kier molecular flexibility index (Phi) is 4.52. The van der Waals surface area contributed by atoms with Crippen molar-refractivity contribution in [2.45, 2.75) is 26.3 Å². The summed E-state index contributed by atoms with van der Waals surface area (Å²) in [5.74, 6) is -0.297. The molecule has 0 aromatic carbocycles. The lowest BCUT2D eigenvalue weighted by molar-refractivity contribution is 0.0513. The molecule has 0 saturated heterocycles. The largest absolute Gasteiger partial charge is 0.461 e. The predicted molar refractivity (Wildman–Crippen MR) is 68.4 cm³/mol. The molecule has 0 bridgehead atoms. The maximum Gasteiger partial charge on any atom is 0.356 e. The third-order valence-electron chi connectivity index (χ3n) is 3.03. The summed E-state index contributed by atoms with van der Waals surface area (Å²) in [4.78, 5) is 15.7. The number of hydrogen-bond acceptors (Lipinski definition) is 4. The van der Waals surface area contributed by atoms with Crippen molar-refractivity contribution in [3.63, 3.8) is 0 Å². The van der Waals surface area contributed by atoms with Gasteiger partial charge in [-0.25, -0.2) is 9.78 Å². The first-order chi connectivity index (χ1) is 8.81. The van der Waals surface area contributed by atoms with E-state index in [1.807, 2.05) is 4.57 Å². The number of esters is 1. The molecule has 1 aromatic rings. The number of carbonyl (C=O) groups excluding carboxylic acids is 1. The molecule has 2 heterocycles. The zero-order valence-electron chi connectivity index (χ0n) is 10.7. The summed E-state index contributed by atoms with van der Waals surface area (Å²) in [6.45, 7) is 4.96. The van der Waals surface area contributed by atoms with Crippen LogP contribution >= 0.6 is 0 Å². The molecule has 0 spiro atoms. The third-order valence-corrected chi connectivity index (χ3v) is 3.03. The van der Waals surface area contributed by atoms with Gasteiger partial charge in [0.05, 0.1) is 19.1 Å². The standard InChI is InChI=1S/C13H19N3O2/c1-2-18-13(17)12-9-15-10-16(12)8-5-11-3-6-14-7-4-11/h3,9-10,14H,2,4-8H2,1H3. The average Bonchev–Trinajstić information content (AvgIpc) is 2.86. The van der Waals surface area contributed by atoms with Gasteiger partial charge < -0.3 is 14.6 Å². The van der Waals surface area contributed by atoms with E-state index in [2.05, 4.69) is 16.4 Å². The summed E-state index contributed by atoms with van der Waals surface area (Å²) in [5, 5.41) is 3.28. The summed E-state index contributed by atoms with van der Waals surface area (Å²) in [6, 6.07) is 0. The van der Waals surface area contributed by atoms with Gasteiger partial charge in [-0.05, 0) is 26.3 Å². The van der Waals surface area contributed by atoms with Gasteiger partial charge in [0.25, 0.3) is 0 Å². The first-order valence-electron chi connectivity index (χ1n) is 6.37. The van der Waals surface area contributed by atoms with Gasteiger partial charge in [0.1, 0.15) is 5.69 Å². The van der Waals surface area contributed by atoms with Gasteiger partial charge in [0, 0.05) is 13.1 Å². The van der Waals surface area contributed by atoms with Gasteiger partial charge in [-0.1, -0.05) is 11.6 Å². The highest BCUT2D eigenvalue weighted by Crippen LogP contribution is 2.12. The summed E-state index contributed by atoms with van der Waals surface area (Å²) < 4.78 is 6.86. The third kappa shape index (κ3) is 3.20. The van der Waals surface area contributed by atoms with Crippen molar-refractivity contribution in [1.82, 2.24) is 14.9 Å². The van der Waals surface area contributed by atoms with Crippen LogP contribution in [0.4, 0.5) is 0 Å². The van der Waals surface area contributed by atoms with Crippen LogP contribution < -0.4 is 5.32 Å². The van der Waals surface area contributed by atoms with E-state index in [0.29, 0.717) is 12.3 Å². The second-order valence-electron chi connectivity index (χ2n) is 4.26. The van der Waals surface area contributed by atoms with Gasteiger partial charge in [-0.15, -0.1) is 0 Å². The number of nitrogens with zero attached hydrogens (tertiary/aromatic N) is 2. The minimum atomic E-state index is -0.297. The van der Waals surface area contributed by atoms with E-state index in [4.69, 9.17) is 4.74 Å². The number of rotatable bonds is 5. The molecule has 0 atom stereocenters. The van der Waals surface area contributed by atoms with E-state index < -0.39 is 0 Å². The number of imidazole rings is 1. The first-order valence-corrected chi connectivity index (χ1v) is 6.37. The van der Waals surface area contributed by atoms with Crippen molar-refractivity contribution < 1.29 is 9.53 Å². The Labute approximate surface area is 107 Å². The lowest BCUT2D eigenvalue weighted by Crippen LogP contribution is -2.21. The molecule has 1 N–H and O–H groups in total. The fraction of sp³-hybridized carbons (Fsp3) is 0.538. The van der Waals surface area contributed by atoms with Crippen molar-refractivity contribution in [1.29, 1.82) is 0 Å². The zero-order chi connectivity index (χ0) is 12.8. The minimum absolute atomic E-state index is 0.297. The Hall–Kier alpha value is -1.62. The second-order valence-corrected chi connectivity index (χ2v) is 4.26. The highest BCUT2D eigenvalue weighted by molar-refractivity contribution is 5.87. The van der Waals surface area contributed by atoms with E-state index in [-0.39, 0.29) is 5.97 Å². The Morgan fingerprint density at radius 3 is 3.22 bits per heavy atom. The summed E-state index contributed by atoms with van der Waals surface area (Å²) in [7, 11) is 0. The smallest absolute Gasteiger partial charge is 0.356 e. The average molecular weight is 249 g/mol. The second kappa shape index (κ2) is 6.35. The maximum absolute atomic E-state index is 11.7. The predicted octanol–water partition coefficient (Wildman–Crippen LogP) is 1.37. The van der Waals surface area contributed by atoms with Gasteiger partial charge in [0.15, 0.2) is 0 Å². The summed E-state index contributed by atoms with van der Waals surface area (Å²) >= 11 is 0. The van der Waals surface area contributed by atoms with E-state index in [9.17, 15) is 4.79 Å². The van der Waals surface area contributed by atoms with E-state index in [1.54, 1.807) is 19.4 Å².